The summed E-state index contributed by atoms with van der Waals surface area (Å²) in [6.07, 6.45) is 3.16. The van der Waals surface area contributed by atoms with E-state index in [9.17, 15) is 4.79 Å². The van der Waals surface area contributed by atoms with Gasteiger partial charge in [0.05, 0.1) is 0 Å². The number of aliphatic carboxylic acids is 1. The SMILES string of the molecule is O=C(O)C1CN(CCC=C(c2ccccc2)c2ccccc2)CCN1. The van der Waals surface area contributed by atoms with Gasteiger partial charge < -0.3 is 10.4 Å². The van der Waals surface area contributed by atoms with Gasteiger partial charge in [-0.15, -0.1) is 0 Å². The second kappa shape index (κ2) is 8.60. The van der Waals surface area contributed by atoms with Crippen LogP contribution in [0, 0.1) is 0 Å². The minimum Gasteiger partial charge on any atom is -0.480 e. The lowest BCUT2D eigenvalue weighted by molar-refractivity contribution is -0.140. The van der Waals surface area contributed by atoms with Crippen molar-refractivity contribution in [3.63, 3.8) is 0 Å². The molecule has 2 aromatic rings. The van der Waals surface area contributed by atoms with Crippen molar-refractivity contribution >= 4 is 11.5 Å². The summed E-state index contributed by atoms with van der Waals surface area (Å²) in [5.74, 6) is -0.769. The summed E-state index contributed by atoms with van der Waals surface area (Å²) < 4.78 is 0. The van der Waals surface area contributed by atoms with Crippen molar-refractivity contribution in [2.45, 2.75) is 12.5 Å². The van der Waals surface area contributed by atoms with Crippen molar-refractivity contribution in [2.24, 2.45) is 0 Å². The molecule has 1 saturated heterocycles. The lowest BCUT2D eigenvalue weighted by Crippen LogP contribution is -2.54. The fourth-order valence-electron chi connectivity index (χ4n) is 3.21. The molecule has 2 N–H and O–H groups in total. The molecular formula is C21H24N2O2. The van der Waals surface area contributed by atoms with Gasteiger partial charge in [-0.05, 0) is 23.1 Å². The van der Waals surface area contributed by atoms with E-state index in [4.69, 9.17) is 5.11 Å². The first kappa shape index (κ1) is 17.4. The molecule has 0 radical (unpaired) electrons. The Balaban J connectivity index is 1.70. The Hall–Kier alpha value is -2.43. The number of nitrogens with zero attached hydrogens (tertiary/aromatic N) is 1. The number of carboxylic acid groups (broad SMARTS) is 1. The van der Waals surface area contributed by atoms with Gasteiger partial charge in [-0.3, -0.25) is 9.69 Å². The lowest BCUT2D eigenvalue weighted by atomic mass is 9.97. The second-order valence-electron chi connectivity index (χ2n) is 6.28. The Labute approximate surface area is 148 Å². The third kappa shape index (κ3) is 4.78. The number of hydrogen-bond donors (Lipinski definition) is 2. The minimum absolute atomic E-state index is 0.458. The maximum Gasteiger partial charge on any atom is 0.322 e. The smallest absolute Gasteiger partial charge is 0.322 e. The van der Waals surface area contributed by atoms with E-state index in [1.807, 2.05) is 12.1 Å². The van der Waals surface area contributed by atoms with Crippen molar-refractivity contribution < 1.29 is 9.90 Å². The van der Waals surface area contributed by atoms with Crippen LogP contribution in [0.25, 0.3) is 5.57 Å². The van der Waals surface area contributed by atoms with Crippen molar-refractivity contribution in [1.29, 1.82) is 0 Å². The summed E-state index contributed by atoms with van der Waals surface area (Å²) in [4.78, 5) is 13.4. The second-order valence-corrected chi connectivity index (χ2v) is 6.28. The summed E-state index contributed by atoms with van der Waals surface area (Å²) in [6.45, 7) is 3.05. The first-order valence-electron chi connectivity index (χ1n) is 8.73. The number of carboxylic acids is 1. The number of piperazine rings is 1. The highest BCUT2D eigenvalue weighted by atomic mass is 16.4. The molecule has 1 fully saturated rings. The largest absolute Gasteiger partial charge is 0.480 e. The number of nitrogens with one attached hydrogen (secondary N) is 1. The highest BCUT2D eigenvalue weighted by molar-refractivity contribution is 5.79. The molecule has 1 aliphatic heterocycles. The van der Waals surface area contributed by atoms with E-state index in [0.29, 0.717) is 6.54 Å². The summed E-state index contributed by atoms with van der Waals surface area (Å²) in [6, 6.07) is 20.3. The summed E-state index contributed by atoms with van der Waals surface area (Å²) >= 11 is 0. The van der Waals surface area contributed by atoms with Crippen LogP contribution < -0.4 is 5.32 Å². The molecule has 0 aromatic heterocycles. The van der Waals surface area contributed by atoms with Gasteiger partial charge in [0.15, 0.2) is 0 Å². The number of rotatable bonds is 6. The highest BCUT2D eigenvalue weighted by Gasteiger charge is 2.24. The molecule has 3 rings (SSSR count). The molecule has 1 atom stereocenters. The minimum atomic E-state index is -0.769. The molecule has 130 valence electrons. The van der Waals surface area contributed by atoms with Gasteiger partial charge in [0.1, 0.15) is 6.04 Å². The van der Waals surface area contributed by atoms with Crippen molar-refractivity contribution in [2.75, 3.05) is 26.2 Å². The number of hydrogen-bond acceptors (Lipinski definition) is 3. The molecule has 2 aromatic carbocycles. The van der Waals surface area contributed by atoms with Gasteiger partial charge in [-0.1, -0.05) is 66.7 Å². The molecule has 4 heteroatoms. The third-order valence-corrected chi connectivity index (χ3v) is 4.52. The van der Waals surface area contributed by atoms with Gasteiger partial charge in [-0.25, -0.2) is 0 Å². The molecule has 1 heterocycles. The maximum absolute atomic E-state index is 11.2. The molecule has 0 bridgehead atoms. The van der Waals surface area contributed by atoms with Gasteiger partial charge in [0.2, 0.25) is 0 Å². The van der Waals surface area contributed by atoms with E-state index in [-0.39, 0.29) is 0 Å². The normalized spacial score (nSPS) is 17.8. The third-order valence-electron chi connectivity index (χ3n) is 4.52. The maximum atomic E-state index is 11.2. The first-order chi connectivity index (χ1) is 12.2. The summed E-state index contributed by atoms with van der Waals surface area (Å²) in [5.41, 5.74) is 3.64. The number of carbonyl (C=O) groups is 1. The van der Waals surface area contributed by atoms with Crippen LogP contribution in [0.15, 0.2) is 66.7 Å². The Bertz CT molecular complexity index is 672. The monoisotopic (exact) mass is 336 g/mol. The molecule has 4 nitrogen and oxygen atoms in total. The first-order valence-corrected chi connectivity index (χ1v) is 8.73. The molecule has 25 heavy (non-hydrogen) atoms. The average molecular weight is 336 g/mol. The fourth-order valence-corrected chi connectivity index (χ4v) is 3.21. The molecule has 1 unspecified atom stereocenters. The predicted molar refractivity (Wildman–Crippen MR) is 100 cm³/mol. The standard InChI is InChI=1S/C21H24N2O2/c24-21(25)20-16-23(15-13-22-20)14-7-12-19(17-8-3-1-4-9-17)18-10-5-2-6-11-18/h1-6,8-12,20,22H,7,13-16H2,(H,24,25). The van der Waals surface area contributed by atoms with E-state index in [1.54, 1.807) is 0 Å². The van der Waals surface area contributed by atoms with E-state index >= 15 is 0 Å². The van der Waals surface area contributed by atoms with Crippen LogP contribution in [0.2, 0.25) is 0 Å². The van der Waals surface area contributed by atoms with Crippen LogP contribution in [-0.4, -0.2) is 48.2 Å². The summed E-state index contributed by atoms with van der Waals surface area (Å²) in [5, 5.41) is 12.2. The quantitative estimate of drug-likeness (QED) is 0.852. The van der Waals surface area contributed by atoms with Crippen LogP contribution in [0.3, 0.4) is 0 Å². The van der Waals surface area contributed by atoms with Crippen LogP contribution in [0.5, 0.6) is 0 Å². The highest BCUT2D eigenvalue weighted by Crippen LogP contribution is 2.23. The van der Waals surface area contributed by atoms with Gasteiger partial charge in [-0.2, -0.15) is 0 Å². The van der Waals surface area contributed by atoms with Crippen molar-refractivity contribution in [3.05, 3.63) is 77.9 Å². The summed E-state index contributed by atoms with van der Waals surface area (Å²) in [7, 11) is 0. The fraction of sp³-hybridized carbons (Fsp3) is 0.286. The van der Waals surface area contributed by atoms with Crippen LogP contribution in [-0.2, 0) is 4.79 Å². The van der Waals surface area contributed by atoms with E-state index in [0.717, 1.165) is 26.1 Å². The molecule has 0 amide bonds. The zero-order chi connectivity index (χ0) is 17.5. The zero-order valence-corrected chi connectivity index (χ0v) is 14.3. The van der Waals surface area contributed by atoms with E-state index in [1.165, 1.54) is 16.7 Å². The lowest BCUT2D eigenvalue weighted by Gasteiger charge is -2.31. The predicted octanol–water partition coefficient (Wildman–Crippen LogP) is 2.87. The average Bonchev–Trinajstić information content (AvgIpc) is 2.67. The Morgan fingerprint density at radius 2 is 1.68 bits per heavy atom. The van der Waals surface area contributed by atoms with Gasteiger partial charge in [0.25, 0.3) is 0 Å². The van der Waals surface area contributed by atoms with Crippen LogP contribution in [0.4, 0.5) is 0 Å². The molecular weight excluding hydrogens is 312 g/mol. The Morgan fingerprint density at radius 3 is 2.24 bits per heavy atom. The van der Waals surface area contributed by atoms with E-state index in [2.05, 4.69) is 64.8 Å². The van der Waals surface area contributed by atoms with Gasteiger partial charge in [0, 0.05) is 26.2 Å². The zero-order valence-electron chi connectivity index (χ0n) is 14.3. The molecule has 1 aliphatic rings. The Morgan fingerprint density at radius 1 is 1.08 bits per heavy atom. The molecule has 0 saturated carbocycles. The molecule has 0 spiro atoms. The van der Waals surface area contributed by atoms with Crippen LogP contribution >= 0.6 is 0 Å². The van der Waals surface area contributed by atoms with E-state index < -0.39 is 12.0 Å². The van der Waals surface area contributed by atoms with Crippen molar-refractivity contribution in [1.82, 2.24) is 10.2 Å². The number of benzene rings is 2. The topological polar surface area (TPSA) is 52.6 Å². The Kier molecular flexibility index (Phi) is 5.99. The van der Waals surface area contributed by atoms with Crippen molar-refractivity contribution in [3.8, 4) is 0 Å². The van der Waals surface area contributed by atoms with Gasteiger partial charge >= 0.3 is 5.97 Å². The molecule has 0 aliphatic carbocycles. The van der Waals surface area contributed by atoms with Crippen LogP contribution in [0.1, 0.15) is 17.5 Å².